The third kappa shape index (κ3) is 4.61. The van der Waals surface area contributed by atoms with Crippen LogP contribution in [0.3, 0.4) is 0 Å². The van der Waals surface area contributed by atoms with Gasteiger partial charge in [-0.25, -0.2) is 9.97 Å². The fourth-order valence-corrected chi connectivity index (χ4v) is 2.63. The lowest BCUT2D eigenvalue weighted by molar-refractivity contribution is 0.102. The van der Waals surface area contributed by atoms with Crippen molar-refractivity contribution in [3.05, 3.63) is 71.5 Å². The van der Waals surface area contributed by atoms with Crippen LogP contribution in [-0.4, -0.2) is 22.5 Å². The summed E-state index contributed by atoms with van der Waals surface area (Å²) in [5.41, 5.74) is 4.21. The van der Waals surface area contributed by atoms with Crippen molar-refractivity contribution in [3.63, 3.8) is 0 Å². The summed E-state index contributed by atoms with van der Waals surface area (Å²) in [7, 11) is 0. The molecule has 0 bridgehead atoms. The van der Waals surface area contributed by atoms with E-state index in [1.807, 2.05) is 51.1 Å². The largest absolute Gasteiger partial charge is 0.492 e. The maximum Gasteiger partial charge on any atom is 0.258 e. The van der Waals surface area contributed by atoms with Crippen molar-refractivity contribution in [2.75, 3.05) is 17.2 Å². The number of hydrogen-bond donors (Lipinski definition) is 2. The van der Waals surface area contributed by atoms with Crippen LogP contribution in [0.15, 0.2) is 54.9 Å². The Balaban J connectivity index is 1.70. The van der Waals surface area contributed by atoms with Crippen molar-refractivity contribution in [2.24, 2.45) is 0 Å². The van der Waals surface area contributed by atoms with Crippen molar-refractivity contribution in [1.82, 2.24) is 9.97 Å². The molecule has 0 saturated carbocycles. The Kier molecular flexibility index (Phi) is 5.66. The van der Waals surface area contributed by atoms with E-state index in [2.05, 4.69) is 26.7 Å². The van der Waals surface area contributed by atoms with Crippen LogP contribution in [0.2, 0.25) is 0 Å². The minimum atomic E-state index is -0.291. The van der Waals surface area contributed by atoms with Crippen LogP contribution in [0.4, 0.5) is 17.3 Å². The van der Waals surface area contributed by atoms with Crippen molar-refractivity contribution >= 4 is 23.2 Å². The van der Waals surface area contributed by atoms with E-state index in [1.165, 1.54) is 18.0 Å². The highest BCUT2D eigenvalue weighted by molar-refractivity contribution is 6.04. The van der Waals surface area contributed by atoms with E-state index < -0.39 is 0 Å². The fourth-order valence-electron chi connectivity index (χ4n) is 2.63. The first-order chi connectivity index (χ1) is 13.1. The first kappa shape index (κ1) is 18.4. The summed E-state index contributed by atoms with van der Waals surface area (Å²) in [5, 5.41) is 6.00. The van der Waals surface area contributed by atoms with Crippen LogP contribution in [0.25, 0.3) is 0 Å². The van der Waals surface area contributed by atoms with E-state index in [-0.39, 0.29) is 5.91 Å². The molecule has 0 radical (unpaired) electrons. The highest BCUT2D eigenvalue weighted by atomic mass is 16.5. The Hall–Kier alpha value is -3.41. The molecule has 0 aliphatic rings. The summed E-state index contributed by atoms with van der Waals surface area (Å²) in [4.78, 5) is 21.0. The number of amides is 1. The van der Waals surface area contributed by atoms with E-state index in [9.17, 15) is 4.79 Å². The average Bonchev–Trinajstić information content (AvgIpc) is 2.66. The van der Waals surface area contributed by atoms with Gasteiger partial charge in [-0.3, -0.25) is 4.79 Å². The van der Waals surface area contributed by atoms with Gasteiger partial charge in [0.05, 0.1) is 17.9 Å². The number of carbonyl (C=O) groups excluding carboxylic acids is 1. The van der Waals surface area contributed by atoms with Gasteiger partial charge in [-0.2, -0.15) is 0 Å². The summed E-state index contributed by atoms with van der Waals surface area (Å²) in [6.45, 7) is 6.49. The van der Waals surface area contributed by atoms with Gasteiger partial charge in [-0.15, -0.1) is 0 Å². The zero-order valence-corrected chi connectivity index (χ0v) is 15.6. The molecule has 0 aliphatic heterocycles. The van der Waals surface area contributed by atoms with Gasteiger partial charge in [-0.05, 0) is 44.5 Å². The molecule has 3 rings (SSSR count). The number of aryl methyl sites for hydroxylation is 2. The summed E-state index contributed by atoms with van der Waals surface area (Å²) in [6, 6.07) is 13.4. The van der Waals surface area contributed by atoms with Crippen LogP contribution in [-0.2, 0) is 0 Å². The number of benzene rings is 2. The SMILES string of the molecule is CCOc1ccccc1NC(=O)c1cnc(Nc2ccc(C)cc2C)nc1. The number of hydrogen-bond acceptors (Lipinski definition) is 5. The van der Waals surface area contributed by atoms with E-state index in [0.717, 1.165) is 11.3 Å². The van der Waals surface area contributed by atoms with Gasteiger partial charge in [0.1, 0.15) is 5.75 Å². The number of rotatable bonds is 6. The molecule has 1 amide bonds. The van der Waals surface area contributed by atoms with Crippen LogP contribution >= 0.6 is 0 Å². The van der Waals surface area contributed by atoms with Crippen molar-refractivity contribution < 1.29 is 9.53 Å². The predicted molar refractivity (Wildman–Crippen MR) is 107 cm³/mol. The minimum absolute atomic E-state index is 0.291. The Morgan fingerprint density at radius 2 is 1.78 bits per heavy atom. The van der Waals surface area contributed by atoms with Gasteiger partial charge in [0.2, 0.25) is 5.95 Å². The zero-order chi connectivity index (χ0) is 19.2. The summed E-state index contributed by atoms with van der Waals surface area (Å²) in [6.07, 6.45) is 3.00. The highest BCUT2D eigenvalue weighted by Crippen LogP contribution is 2.24. The molecule has 2 aromatic carbocycles. The second-order valence-electron chi connectivity index (χ2n) is 6.12. The monoisotopic (exact) mass is 362 g/mol. The number of nitrogens with zero attached hydrogens (tertiary/aromatic N) is 2. The molecule has 1 aromatic heterocycles. The molecule has 138 valence electrons. The molecule has 0 aliphatic carbocycles. The lowest BCUT2D eigenvalue weighted by Crippen LogP contribution is -2.14. The van der Waals surface area contributed by atoms with E-state index in [0.29, 0.717) is 29.6 Å². The molecule has 0 unspecified atom stereocenters. The number of carbonyl (C=O) groups is 1. The predicted octanol–water partition coefficient (Wildman–Crippen LogP) is 4.49. The maximum atomic E-state index is 12.5. The Morgan fingerprint density at radius 3 is 2.48 bits per heavy atom. The molecular weight excluding hydrogens is 340 g/mol. The third-order valence-electron chi connectivity index (χ3n) is 3.98. The van der Waals surface area contributed by atoms with Crippen molar-refractivity contribution in [3.8, 4) is 5.75 Å². The minimum Gasteiger partial charge on any atom is -0.492 e. The average molecular weight is 362 g/mol. The molecule has 1 heterocycles. The van der Waals surface area contributed by atoms with Gasteiger partial charge in [0.15, 0.2) is 0 Å². The van der Waals surface area contributed by atoms with Crippen molar-refractivity contribution in [2.45, 2.75) is 20.8 Å². The lowest BCUT2D eigenvalue weighted by atomic mass is 10.1. The van der Waals surface area contributed by atoms with Gasteiger partial charge in [-0.1, -0.05) is 29.8 Å². The molecule has 0 spiro atoms. The summed E-state index contributed by atoms with van der Waals surface area (Å²) >= 11 is 0. The van der Waals surface area contributed by atoms with Crippen LogP contribution in [0.1, 0.15) is 28.4 Å². The standard InChI is InChI=1S/C21H22N4O2/c1-4-27-19-8-6-5-7-18(19)24-20(26)16-12-22-21(23-13-16)25-17-10-9-14(2)11-15(17)3/h5-13H,4H2,1-3H3,(H,24,26)(H,22,23,25). The van der Waals surface area contributed by atoms with Crippen molar-refractivity contribution in [1.29, 1.82) is 0 Å². The van der Waals surface area contributed by atoms with Gasteiger partial charge < -0.3 is 15.4 Å². The lowest BCUT2D eigenvalue weighted by Gasteiger charge is -2.11. The maximum absolute atomic E-state index is 12.5. The first-order valence-electron chi connectivity index (χ1n) is 8.76. The van der Waals surface area contributed by atoms with Gasteiger partial charge >= 0.3 is 0 Å². The highest BCUT2D eigenvalue weighted by Gasteiger charge is 2.11. The molecule has 0 fully saturated rings. The topological polar surface area (TPSA) is 76.1 Å². The van der Waals surface area contributed by atoms with E-state index >= 15 is 0 Å². The van der Waals surface area contributed by atoms with Gasteiger partial charge in [0.25, 0.3) is 5.91 Å². The molecule has 27 heavy (non-hydrogen) atoms. The van der Waals surface area contributed by atoms with E-state index in [1.54, 1.807) is 6.07 Å². The molecule has 6 heteroatoms. The fraction of sp³-hybridized carbons (Fsp3) is 0.190. The quantitative estimate of drug-likeness (QED) is 0.676. The second kappa shape index (κ2) is 8.31. The Bertz CT molecular complexity index is 939. The molecule has 0 saturated heterocycles. The molecule has 2 N–H and O–H groups in total. The number of aromatic nitrogens is 2. The number of nitrogens with one attached hydrogen (secondary N) is 2. The third-order valence-corrected chi connectivity index (χ3v) is 3.98. The molecule has 3 aromatic rings. The number of ether oxygens (including phenoxy) is 1. The summed E-state index contributed by atoms with van der Waals surface area (Å²) < 4.78 is 5.52. The summed E-state index contributed by atoms with van der Waals surface area (Å²) in [5.74, 6) is 0.774. The number of para-hydroxylation sites is 2. The van der Waals surface area contributed by atoms with Gasteiger partial charge in [0, 0.05) is 18.1 Å². The molecule has 6 nitrogen and oxygen atoms in total. The smallest absolute Gasteiger partial charge is 0.258 e. The zero-order valence-electron chi connectivity index (χ0n) is 15.6. The van der Waals surface area contributed by atoms with E-state index in [4.69, 9.17) is 4.74 Å². The molecule has 0 atom stereocenters. The first-order valence-corrected chi connectivity index (χ1v) is 8.76. The van der Waals surface area contributed by atoms with Crippen LogP contribution < -0.4 is 15.4 Å². The Morgan fingerprint density at radius 1 is 1.04 bits per heavy atom. The number of anilines is 3. The second-order valence-corrected chi connectivity index (χ2v) is 6.12. The molecular formula is C21H22N4O2. The van der Waals surface area contributed by atoms with Crippen LogP contribution in [0, 0.1) is 13.8 Å². The van der Waals surface area contributed by atoms with Crippen LogP contribution in [0.5, 0.6) is 5.75 Å². The Labute approximate surface area is 158 Å². The normalized spacial score (nSPS) is 10.3.